The van der Waals surface area contributed by atoms with Crippen LogP contribution in [0, 0.1) is 12.8 Å². The Morgan fingerprint density at radius 1 is 1.03 bits per heavy atom. The zero-order chi connectivity index (χ0) is 25.8. The van der Waals surface area contributed by atoms with Gasteiger partial charge in [0.1, 0.15) is 11.8 Å². The first kappa shape index (κ1) is 27.2. The predicted molar refractivity (Wildman–Crippen MR) is 130 cm³/mol. The summed E-state index contributed by atoms with van der Waals surface area (Å²) in [5.74, 6) is -0.650. The van der Waals surface area contributed by atoms with Gasteiger partial charge in [0.2, 0.25) is 0 Å². The van der Waals surface area contributed by atoms with E-state index in [9.17, 15) is 14.4 Å². The molecule has 0 bridgehead atoms. The Balaban J connectivity index is 1.96. The summed E-state index contributed by atoms with van der Waals surface area (Å²) in [7, 11) is 1.42. The number of hydrogen-bond donors (Lipinski definition) is 3. The molecule has 2 aromatic carbocycles. The average molecular weight is 486 g/mol. The number of carboxylic acids is 1. The lowest BCUT2D eigenvalue weighted by Gasteiger charge is -2.19. The van der Waals surface area contributed by atoms with E-state index in [1.807, 2.05) is 39.0 Å². The highest BCUT2D eigenvalue weighted by Gasteiger charge is 2.22. The van der Waals surface area contributed by atoms with Gasteiger partial charge in [-0.3, -0.25) is 9.59 Å². The summed E-state index contributed by atoms with van der Waals surface area (Å²) in [4.78, 5) is 35.8. The molecule has 0 saturated carbocycles. The van der Waals surface area contributed by atoms with Gasteiger partial charge in [0.15, 0.2) is 24.7 Å². The number of carboxylic acid groups (broad SMARTS) is 1. The highest BCUT2D eigenvalue weighted by Crippen LogP contribution is 2.27. The quantitative estimate of drug-likeness (QED) is 0.293. The van der Waals surface area contributed by atoms with Crippen molar-refractivity contribution in [3.8, 4) is 17.2 Å². The maximum Gasteiger partial charge on any atom is 0.341 e. The van der Waals surface area contributed by atoms with Crippen LogP contribution in [0.1, 0.15) is 31.4 Å². The maximum absolute atomic E-state index is 12.7. The van der Waals surface area contributed by atoms with Crippen molar-refractivity contribution < 1.29 is 33.7 Å². The first-order chi connectivity index (χ1) is 16.7. The van der Waals surface area contributed by atoms with E-state index in [1.165, 1.54) is 13.3 Å². The lowest BCUT2D eigenvalue weighted by molar-refractivity contribution is -0.139. The van der Waals surface area contributed by atoms with E-state index >= 15 is 0 Å². The minimum atomic E-state index is -1.11. The molecule has 0 aromatic heterocycles. The van der Waals surface area contributed by atoms with E-state index in [0.29, 0.717) is 23.5 Å². The van der Waals surface area contributed by atoms with Crippen molar-refractivity contribution in [2.75, 3.05) is 20.3 Å². The van der Waals surface area contributed by atoms with E-state index in [-0.39, 0.29) is 18.3 Å². The molecule has 3 N–H and O–H groups in total. The number of carbonyl (C=O) groups is 3. The van der Waals surface area contributed by atoms with Gasteiger partial charge in [-0.25, -0.2) is 10.2 Å². The second-order valence-electron chi connectivity index (χ2n) is 8.13. The van der Waals surface area contributed by atoms with Crippen LogP contribution in [0.15, 0.2) is 47.6 Å². The number of amides is 2. The fourth-order valence-corrected chi connectivity index (χ4v) is 3.07. The number of rotatable bonds is 13. The van der Waals surface area contributed by atoms with Crippen LogP contribution in [0.25, 0.3) is 0 Å². The van der Waals surface area contributed by atoms with Gasteiger partial charge in [0.05, 0.1) is 13.3 Å². The first-order valence-electron chi connectivity index (χ1n) is 11.0. The molecule has 0 radical (unpaired) electrons. The van der Waals surface area contributed by atoms with E-state index < -0.39 is 30.4 Å². The zero-order valence-corrected chi connectivity index (χ0v) is 20.2. The van der Waals surface area contributed by atoms with E-state index in [0.717, 1.165) is 5.56 Å². The van der Waals surface area contributed by atoms with Crippen LogP contribution in [0.5, 0.6) is 17.2 Å². The standard InChI is InChI=1S/C25H31N3O7/c1-16(2)11-19(27-23(29)14-34-20-8-6-5-7-17(20)3)25(32)28-26-13-18-9-10-21(22(12-18)33-4)35-15-24(30)31/h5-10,12-13,16,19H,11,14-15H2,1-4H3,(H,27,29)(H,28,32)(H,30,31)/b26-13-/t19-/m1/s1. The molecule has 35 heavy (non-hydrogen) atoms. The fraction of sp³-hybridized carbons (Fsp3) is 0.360. The minimum absolute atomic E-state index is 0.148. The molecule has 0 saturated heterocycles. The molecular weight excluding hydrogens is 454 g/mol. The molecule has 10 nitrogen and oxygen atoms in total. The molecule has 0 unspecified atom stereocenters. The molecule has 1 atom stereocenters. The topological polar surface area (TPSA) is 136 Å². The van der Waals surface area contributed by atoms with Crippen LogP contribution in [-0.4, -0.2) is 55.5 Å². The third kappa shape index (κ3) is 9.36. The molecule has 0 aliphatic carbocycles. The molecule has 0 aliphatic rings. The van der Waals surface area contributed by atoms with Gasteiger partial charge >= 0.3 is 5.97 Å². The SMILES string of the molecule is COc1cc(/C=N\NC(=O)[C@@H](CC(C)C)NC(=O)COc2ccccc2C)ccc1OCC(=O)O. The number of ether oxygens (including phenoxy) is 3. The first-order valence-corrected chi connectivity index (χ1v) is 11.0. The molecule has 0 spiro atoms. The number of benzene rings is 2. The zero-order valence-electron chi connectivity index (χ0n) is 20.2. The summed E-state index contributed by atoms with van der Waals surface area (Å²) >= 11 is 0. The summed E-state index contributed by atoms with van der Waals surface area (Å²) in [6.07, 6.45) is 1.82. The highest BCUT2D eigenvalue weighted by molar-refractivity contribution is 5.89. The Kier molecular flexibility index (Phi) is 10.5. The Morgan fingerprint density at radius 3 is 2.40 bits per heavy atom. The maximum atomic E-state index is 12.7. The summed E-state index contributed by atoms with van der Waals surface area (Å²) in [6, 6.07) is 11.3. The number of hydrogen-bond acceptors (Lipinski definition) is 7. The number of aliphatic carboxylic acids is 1. The van der Waals surface area contributed by atoms with Gasteiger partial charge in [-0.2, -0.15) is 5.10 Å². The predicted octanol–water partition coefficient (Wildman–Crippen LogP) is 2.53. The Bertz CT molecular complexity index is 1050. The molecule has 188 valence electrons. The van der Waals surface area contributed by atoms with E-state index in [1.54, 1.807) is 24.3 Å². The number of para-hydroxylation sites is 1. The van der Waals surface area contributed by atoms with Crippen LogP contribution in [-0.2, 0) is 14.4 Å². The van der Waals surface area contributed by atoms with Crippen molar-refractivity contribution in [1.82, 2.24) is 10.7 Å². The van der Waals surface area contributed by atoms with Crippen molar-refractivity contribution in [2.45, 2.75) is 33.2 Å². The van der Waals surface area contributed by atoms with Crippen molar-refractivity contribution in [2.24, 2.45) is 11.0 Å². The lowest BCUT2D eigenvalue weighted by atomic mass is 10.0. The van der Waals surface area contributed by atoms with Crippen LogP contribution in [0.4, 0.5) is 0 Å². The third-order valence-electron chi connectivity index (χ3n) is 4.74. The van der Waals surface area contributed by atoms with Gasteiger partial charge in [-0.05, 0) is 54.7 Å². The lowest BCUT2D eigenvalue weighted by Crippen LogP contribution is -2.47. The Morgan fingerprint density at radius 2 is 1.74 bits per heavy atom. The third-order valence-corrected chi connectivity index (χ3v) is 4.74. The molecule has 0 aliphatic heterocycles. The van der Waals surface area contributed by atoms with Gasteiger partial charge in [-0.1, -0.05) is 32.0 Å². The van der Waals surface area contributed by atoms with Crippen LogP contribution < -0.4 is 25.0 Å². The van der Waals surface area contributed by atoms with Crippen molar-refractivity contribution in [3.63, 3.8) is 0 Å². The number of aryl methyl sites for hydroxylation is 1. The second kappa shape index (κ2) is 13.6. The molecular formula is C25H31N3O7. The van der Waals surface area contributed by atoms with Gasteiger partial charge < -0.3 is 24.6 Å². The normalized spacial score (nSPS) is 11.7. The number of hydrazone groups is 1. The number of carbonyl (C=O) groups excluding carboxylic acids is 2. The fourth-order valence-electron chi connectivity index (χ4n) is 3.07. The van der Waals surface area contributed by atoms with E-state index in [4.69, 9.17) is 19.3 Å². The Hall–Kier alpha value is -4.08. The second-order valence-corrected chi connectivity index (χ2v) is 8.13. The largest absolute Gasteiger partial charge is 0.493 e. The molecule has 2 rings (SSSR count). The minimum Gasteiger partial charge on any atom is -0.493 e. The highest BCUT2D eigenvalue weighted by atomic mass is 16.5. The summed E-state index contributed by atoms with van der Waals surface area (Å²) in [5, 5.41) is 15.4. The summed E-state index contributed by atoms with van der Waals surface area (Å²) in [5.41, 5.74) is 3.93. The smallest absolute Gasteiger partial charge is 0.341 e. The average Bonchev–Trinajstić information content (AvgIpc) is 2.81. The molecule has 0 heterocycles. The van der Waals surface area contributed by atoms with E-state index in [2.05, 4.69) is 15.8 Å². The monoisotopic (exact) mass is 485 g/mol. The van der Waals surface area contributed by atoms with Crippen molar-refractivity contribution in [3.05, 3.63) is 53.6 Å². The number of nitrogens with one attached hydrogen (secondary N) is 2. The number of methoxy groups -OCH3 is 1. The Labute approximate surface area is 204 Å². The summed E-state index contributed by atoms with van der Waals surface area (Å²) in [6.45, 7) is 5.05. The summed E-state index contributed by atoms with van der Waals surface area (Å²) < 4.78 is 15.9. The van der Waals surface area contributed by atoms with Crippen molar-refractivity contribution >= 4 is 24.0 Å². The van der Waals surface area contributed by atoms with Gasteiger partial charge in [0, 0.05) is 0 Å². The molecule has 2 aromatic rings. The number of nitrogens with zero attached hydrogens (tertiary/aromatic N) is 1. The van der Waals surface area contributed by atoms with Gasteiger partial charge in [-0.15, -0.1) is 0 Å². The van der Waals surface area contributed by atoms with Crippen molar-refractivity contribution in [1.29, 1.82) is 0 Å². The van der Waals surface area contributed by atoms with Gasteiger partial charge in [0.25, 0.3) is 11.8 Å². The molecule has 10 heteroatoms. The molecule has 0 fully saturated rings. The molecule has 2 amide bonds. The van der Waals surface area contributed by atoms with Crippen LogP contribution in [0.2, 0.25) is 0 Å². The van der Waals surface area contributed by atoms with Crippen LogP contribution >= 0.6 is 0 Å². The van der Waals surface area contributed by atoms with Crippen LogP contribution in [0.3, 0.4) is 0 Å².